The van der Waals surface area contributed by atoms with Crippen LogP contribution in [0.2, 0.25) is 0 Å². The number of anilines is 1. The Hall–Kier alpha value is -2.03. The van der Waals surface area contributed by atoms with Crippen molar-refractivity contribution < 1.29 is 9.59 Å². The fraction of sp³-hybridized carbons (Fsp3) is 0.450. The summed E-state index contributed by atoms with van der Waals surface area (Å²) in [5, 5.41) is 3.00. The summed E-state index contributed by atoms with van der Waals surface area (Å²) in [6.45, 7) is 9.02. The number of aryl methyl sites for hydroxylation is 2. The third-order valence-corrected chi connectivity index (χ3v) is 6.54. The largest absolute Gasteiger partial charge is 0.341 e. The maximum absolute atomic E-state index is 12.6. The van der Waals surface area contributed by atoms with Gasteiger partial charge in [0.25, 0.3) is 0 Å². The van der Waals surface area contributed by atoms with Gasteiger partial charge in [-0.1, -0.05) is 12.1 Å². The van der Waals surface area contributed by atoms with Gasteiger partial charge in [-0.2, -0.15) is 0 Å². The zero-order chi connectivity index (χ0) is 20.3. The van der Waals surface area contributed by atoms with E-state index in [1.54, 1.807) is 0 Å². The molecular formula is C20H26N4O2S2. The van der Waals surface area contributed by atoms with E-state index in [1.165, 1.54) is 11.3 Å². The predicted octanol–water partition coefficient (Wildman–Crippen LogP) is 3.06. The van der Waals surface area contributed by atoms with Crippen LogP contribution in [0.5, 0.6) is 0 Å². The van der Waals surface area contributed by atoms with Crippen molar-refractivity contribution in [1.29, 1.82) is 0 Å². The molecule has 0 unspecified atom stereocenters. The van der Waals surface area contributed by atoms with Crippen molar-refractivity contribution in [2.24, 2.45) is 0 Å². The molecule has 0 spiro atoms. The molecule has 1 fully saturated rings. The molecule has 6 nitrogen and oxygen atoms in total. The molecule has 0 atom stereocenters. The fourth-order valence-electron chi connectivity index (χ4n) is 3.29. The van der Waals surface area contributed by atoms with Crippen molar-refractivity contribution in [3.05, 3.63) is 43.9 Å². The van der Waals surface area contributed by atoms with Crippen LogP contribution in [0.25, 0.3) is 0 Å². The molecule has 0 aliphatic carbocycles. The fourth-order valence-corrected chi connectivity index (χ4v) is 4.57. The van der Waals surface area contributed by atoms with Gasteiger partial charge in [0.2, 0.25) is 11.8 Å². The molecule has 2 aromatic rings. The number of amides is 2. The molecule has 1 saturated heterocycles. The number of carbonyl (C=O) groups is 2. The molecule has 0 bridgehead atoms. The number of benzene rings is 1. The Morgan fingerprint density at radius 1 is 1.18 bits per heavy atom. The highest BCUT2D eigenvalue weighted by molar-refractivity contribution is 7.73. The van der Waals surface area contributed by atoms with Crippen LogP contribution >= 0.6 is 23.6 Å². The topological polar surface area (TPSA) is 68.4 Å². The van der Waals surface area contributed by atoms with E-state index in [2.05, 4.69) is 15.2 Å². The number of hydrogen-bond donors (Lipinski definition) is 2. The molecule has 3 rings (SSSR count). The second kappa shape index (κ2) is 8.98. The summed E-state index contributed by atoms with van der Waals surface area (Å²) in [6.07, 6.45) is 0.386. The molecule has 150 valence electrons. The Labute approximate surface area is 174 Å². The third-order valence-electron chi connectivity index (χ3n) is 5.21. The smallest absolute Gasteiger partial charge is 0.238 e. The number of piperazine rings is 1. The molecule has 2 N–H and O–H groups in total. The molecule has 0 radical (unpaired) electrons. The van der Waals surface area contributed by atoms with Gasteiger partial charge < -0.3 is 15.2 Å². The van der Waals surface area contributed by atoms with Crippen molar-refractivity contribution in [2.75, 3.05) is 38.0 Å². The summed E-state index contributed by atoms with van der Waals surface area (Å²) >= 11 is 6.61. The summed E-state index contributed by atoms with van der Waals surface area (Å²) in [5.41, 5.74) is 4.09. The van der Waals surface area contributed by atoms with Gasteiger partial charge >= 0.3 is 0 Å². The number of aromatic nitrogens is 1. The number of nitrogens with one attached hydrogen (secondary N) is 2. The van der Waals surface area contributed by atoms with E-state index < -0.39 is 0 Å². The molecule has 0 saturated carbocycles. The van der Waals surface area contributed by atoms with Crippen LogP contribution in [0.4, 0.5) is 5.69 Å². The summed E-state index contributed by atoms with van der Waals surface area (Å²) in [7, 11) is 0. The SMILES string of the molecule is Cc1cccc(NC(=O)CN2CCN(C(=O)Cc3sc(=S)[nH]c3C)CC2)c1C. The van der Waals surface area contributed by atoms with Crippen LogP contribution in [-0.2, 0) is 16.0 Å². The van der Waals surface area contributed by atoms with E-state index in [-0.39, 0.29) is 11.8 Å². The van der Waals surface area contributed by atoms with Gasteiger partial charge in [-0.05, 0) is 50.2 Å². The Bertz CT molecular complexity index is 927. The van der Waals surface area contributed by atoms with Crippen molar-refractivity contribution in [3.63, 3.8) is 0 Å². The van der Waals surface area contributed by atoms with Gasteiger partial charge in [-0.25, -0.2) is 0 Å². The molecule has 1 aromatic carbocycles. The van der Waals surface area contributed by atoms with Gasteiger partial charge in [0.15, 0.2) is 3.95 Å². The minimum atomic E-state index is -0.0174. The standard InChI is InChI=1S/C20H26N4O2S2/c1-13-5-4-6-16(14(13)2)22-18(25)12-23-7-9-24(10-8-23)19(26)11-17-15(3)21-20(27)28-17/h4-6H,7-12H2,1-3H3,(H,21,27)(H,22,25). The molecule has 28 heavy (non-hydrogen) atoms. The lowest BCUT2D eigenvalue weighted by atomic mass is 10.1. The van der Waals surface area contributed by atoms with Gasteiger partial charge in [-0.15, -0.1) is 11.3 Å². The van der Waals surface area contributed by atoms with Crippen LogP contribution in [0.1, 0.15) is 21.7 Å². The highest BCUT2D eigenvalue weighted by Crippen LogP contribution is 2.18. The Morgan fingerprint density at radius 2 is 1.89 bits per heavy atom. The first-order valence-electron chi connectivity index (χ1n) is 9.38. The van der Waals surface area contributed by atoms with Gasteiger partial charge in [0.1, 0.15) is 0 Å². The second-order valence-corrected chi connectivity index (χ2v) is 8.96. The van der Waals surface area contributed by atoms with E-state index in [4.69, 9.17) is 12.2 Å². The van der Waals surface area contributed by atoms with Crippen molar-refractivity contribution in [1.82, 2.24) is 14.8 Å². The maximum atomic E-state index is 12.6. The quantitative estimate of drug-likeness (QED) is 0.733. The molecule has 1 aromatic heterocycles. The zero-order valence-electron chi connectivity index (χ0n) is 16.5. The summed E-state index contributed by atoms with van der Waals surface area (Å²) in [4.78, 5) is 33.0. The number of aromatic amines is 1. The Balaban J connectivity index is 1.47. The number of carbonyl (C=O) groups excluding carboxylic acids is 2. The highest BCUT2D eigenvalue weighted by Gasteiger charge is 2.23. The number of nitrogens with zero attached hydrogens (tertiary/aromatic N) is 2. The predicted molar refractivity (Wildman–Crippen MR) is 116 cm³/mol. The molecule has 8 heteroatoms. The van der Waals surface area contributed by atoms with Crippen LogP contribution < -0.4 is 5.32 Å². The molecular weight excluding hydrogens is 392 g/mol. The van der Waals surface area contributed by atoms with E-state index >= 15 is 0 Å². The van der Waals surface area contributed by atoms with E-state index in [0.29, 0.717) is 43.1 Å². The monoisotopic (exact) mass is 418 g/mol. The molecule has 2 amide bonds. The van der Waals surface area contributed by atoms with E-state index in [0.717, 1.165) is 27.4 Å². The van der Waals surface area contributed by atoms with Crippen LogP contribution in [0, 0.1) is 24.7 Å². The summed E-state index contributed by atoms with van der Waals surface area (Å²) < 4.78 is 0.708. The summed E-state index contributed by atoms with van der Waals surface area (Å²) in [6, 6.07) is 5.91. The van der Waals surface area contributed by atoms with Gasteiger partial charge in [0.05, 0.1) is 13.0 Å². The first-order valence-corrected chi connectivity index (χ1v) is 10.6. The van der Waals surface area contributed by atoms with Gasteiger partial charge in [0, 0.05) is 42.4 Å². The number of rotatable bonds is 5. The molecule has 2 heterocycles. The minimum Gasteiger partial charge on any atom is -0.341 e. The first kappa shape index (κ1) is 20.7. The van der Waals surface area contributed by atoms with E-state index in [9.17, 15) is 9.59 Å². The van der Waals surface area contributed by atoms with Crippen molar-refractivity contribution in [3.8, 4) is 0 Å². The lowest BCUT2D eigenvalue weighted by Crippen LogP contribution is -2.50. The number of thiazole rings is 1. The van der Waals surface area contributed by atoms with Crippen molar-refractivity contribution in [2.45, 2.75) is 27.2 Å². The van der Waals surface area contributed by atoms with Crippen LogP contribution in [0.3, 0.4) is 0 Å². The summed E-state index contributed by atoms with van der Waals surface area (Å²) in [5.74, 6) is 0.101. The van der Waals surface area contributed by atoms with Crippen molar-refractivity contribution >= 4 is 41.1 Å². The average Bonchev–Trinajstić information content (AvgIpc) is 2.96. The first-order chi connectivity index (χ1) is 13.3. The zero-order valence-corrected chi connectivity index (χ0v) is 18.1. The lowest BCUT2D eigenvalue weighted by molar-refractivity contribution is -0.132. The number of hydrogen-bond acceptors (Lipinski definition) is 5. The van der Waals surface area contributed by atoms with Crippen LogP contribution in [-0.4, -0.2) is 59.3 Å². The van der Waals surface area contributed by atoms with Crippen LogP contribution in [0.15, 0.2) is 18.2 Å². The van der Waals surface area contributed by atoms with E-state index in [1.807, 2.05) is 43.9 Å². The lowest BCUT2D eigenvalue weighted by Gasteiger charge is -2.34. The minimum absolute atomic E-state index is 0.0174. The highest BCUT2D eigenvalue weighted by atomic mass is 32.1. The Kier molecular flexibility index (Phi) is 6.64. The second-order valence-electron chi connectivity index (χ2n) is 7.19. The maximum Gasteiger partial charge on any atom is 0.238 e. The molecule has 1 aliphatic rings. The average molecular weight is 419 g/mol. The normalized spacial score (nSPS) is 14.9. The van der Waals surface area contributed by atoms with Gasteiger partial charge in [-0.3, -0.25) is 14.5 Å². The molecule has 1 aliphatic heterocycles. The third kappa shape index (κ3) is 5.06. The Morgan fingerprint density at radius 3 is 2.54 bits per heavy atom. The number of H-pyrrole nitrogens is 1.